The van der Waals surface area contributed by atoms with Gasteiger partial charge in [0.15, 0.2) is 0 Å². The highest BCUT2D eigenvalue weighted by Gasteiger charge is 2.04. The molecule has 2 N–H and O–H groups in total. The fourth-order valence-electron chi connectivity index (χ4n) is 1.35. The minimum absolute atomic E-state index is 0.0437. The van der Waals surface area contributed by atoms with Crippen molar-refractivity contribution in [3.63, 3.8) is 0 Å². The summed E-state index contributed by atoms with van der Waals surface area (Å²) in [5, 5.41) is 18.4. The van der Waals surface area contributed by atoms with Gasteiger partial charge in [-0.15, -0.1) is 0 Å². The van der Waals surface area contributed by atoms with Gasteiger partial charge in [-0.1, -0.05) is 23.4 Å². The predicted octanol–water partition coefficient (Wildman–Crippen LogP) is 3.90. The smallest absolute Gasteiger partial charge is 0.335 e. The van der Waals surface area contributed by atoms with E-state index in [2.05, 4.69) is 0 Å². The van der Waals surface area contributed by atoms with E-state index in [0.29, 0.717) is 5.02 Å². The molecule has 92 valence electrons. The molecule has 0 aliphatic rings. The zero-order valence-electron chi connectivity index (χ0n) is 9.13. The summed E-state index contributed by atoms with van der Waals surface area (Å²) in [7, 11) is 0. The molecule has 0 aliphatic carbocycles. The van der Waals surface area contributed by atoms with E-state index >= 15 is 0 Å². The van der Waals surface area contributed by atoms with Crippen LogP contribution in [0, 0.1) is 0 Å². The topological polar surface area (TPSA) is 57.5 Å². The van der Waals surface area contributed by atoms with Crippen LogP contribution in [0.2, 0.25) is 5.02 Å². The lowest BCUT2D eigenvalue weighted by molar-refractivity contribution is 0.0697. The molecule has 2 rings (SSSR count). The Morgan fingerprint density at radius 3 is 2.22 bits per heavy atom. The second-order valence-corrected chi connectivity index (χ2v) is 5.10. The SMILES string of the molecule is O=C(O)c1ccc(Sc2ccc(O)c(Cl)c2)cc1. The quantitative estimate of drug-likeness (QED) is 0.895. The second-order valence-electron chi connectivity index (χ2n) is 3.54. The Kier molecular flexibility index (Phi) is 3.79. The van der Waals surface area contributed by atoms with E-state index in [4.69, 9.17) is 16.7 Å². The molecule has 0 saturated heterocycles. The van der Waals surface area contributed by atoms with Crippen molar-refractivity contribution in [2.75, 3.05) is 0 Å². The Bertz CT molecular complexity index is 581. The molecule has 0 aromatic heterocycles. The van der Waals surface area contributed by atoms with Gasteiger partial charge in [-0.25, -0.2) is 4.79 Å². The average molecular weight is 281 g/mol. The fraction of sp³-hybridized carbons (Fsp3) is 0. The van der Waals surface area contributed by atoms with Crippen molar-refractivity contribution in [2.45, 2.75) is 9.79 Å². The summed E-state index contributed by atoms with van der Waals surface area (Å²) >= 11 is 7.25. The number of carboxylic acid groups (broad SMARTS) is 1. The number of benzene rings is 2. The van der Waals surface area contributed by atoms with Crippen LogP contribution >= 0.6 is 23.4 Å². The van der Waals surface area contributed by atoms with Crippen LogP contribution < -0.4 is 0 Å². The highest BCUT2D eigenvalue weighted by Crippen LogP contribution is 2.33. The third kappa shape index (κ3) is 2.97. The van der Waals surface area contributed by atoms with Crippen LogP contribution in [0.15, 0.2) is 52.3 Å². The van der Waals surface area contributed by atoms with Crippen molar-refractivity contribution in [1.29, 1.82) is 0 Å². The zero-order chi connectivity index (χ0) is 13.1. The molecule has 5 heteroatoms. The number of carboxylic acids is 1. The van der Waals surface area contributed by atoms with Crippen molar-refractivity contribution in [3.8, 4) is 5.75 Å². The number of phenols is 1. The minimum Gasteiger partial charge on any atom is -0.506 e. The molecule has 0 bridgehead atoms. The lowest BCUT2D eigenvalue weighted by atomic mass is 10.2. The van der Waals surface area contributed by atoms with Gasteiger partial charge in [-0.3, -0.25) is 0 Å². The highest BCUT2D eigenvalue weighted by atomic mass is 35.5. The van der Waals surface area contributed by atoms with E-state index in [1.807, 2.05) is 0 Å². The summed E-state index contributed by atoms with van der Waals surface area (Å²) in [6.45, 7) is 0. The molecule has 0 heterocycles. The number of hydrogen-bond donors (Lipinski definition) is 2. The summed E-state index contributed by atoms with van der Waals surface area (Å²) in [5.74, 6) is -0.901. The summed E-state index contributed by atoms with van der Waals surface area (Å²) in [4.78, 5) is 12.5. The molecule has 0 amide bonds. The van der Waals surface area contributed by atoms with E-state index < -0.39 is 5.97 Å². The van der Waals surface area contributed by atoms with Gasteiger partial charge in [0.05, 0.1) is 10.6 Å². The van der Waals surface area contributed by atoms with Gasteiger partial charge in [0, 0.05) is 9.79 Å². The van der Waals surface area contributed by atoms with Crippen LogP contribution in [0.4, 0.5) is 0 Å². The highest BCUT2D eigenvalue weighted by molar-refractivity contribution is 7.99. The van der Waals surface area contributed by atoms with Crippen molar-refractivity contribution >= 4 is 29.3 Å². The molecule has 3 nitrogen and oxygen atoms in total. The number of aromatic hydroxyl groups is 1. The molecule has 2 aromatic carbocycles. The lowest BCUT2D eigenvalue weighted by Gasteiger charge is -2.03. The first kappa shape index (κ1) is 12.8. The van der Waals surface area contributed by atoms with Crippen LogP contribution in [0.1, 0.15) is 10.4 Å². The molecule has 0 fully saturated rings. The predicted molar refractivity (Wildman–Crippen MR) is 70.6 cm³/mol. The lowest BCUT2D eigenvalue weighted by Crippen LogP contribution is -1.94. The Balaban J connectivity index is 2.18. The molecule has 0 unspecified atom stereocenters. The van der Waals surface area contributed by atoms with Gasteiger partial charge < -0.3 is 10.2 Å². The molecule has 18 heavy (non-hydrogen) atoms. The summed E-state index contributed by atoms with van der Waals surface area (Å²) in [6.07, 6.45) is 0. The van der Waals surface area contributed by atoms with Crippen molar-refractivity contribution in [2.24, 2.45) is 0 Å². The summed E-state index contributed by atoms with van der Waals surface area (Å²) < 4.78 is 0. The molecular formula is C13H9ClO3S. The maximum absolute atomic E-state index is 10.7. The zero-order valence-corrected chi connectivity index (χ0v) is 10.7. The molecule has 0 atom stereocenters. The van der Waals surface area contributed by atoms with Crippen LogP contribution in [0.3, 0.4) is 0 Å². The second kappa shape index (κ2) is 5.33. The number of halogens is 1. The Hall–Kier alpha value is -1.65. The maximum atomic E-state index is 10.7. The minimum atomic E-state index is -0.945. The third-order valence-corrected chi connectivity index (χ3v) is 3.56. The summed E-state index contributed by atoms with van der Waals surface area (Å²) in [6, 6.07) is 11.5. The van der Waals surface area contributed by atoms with Crippen LogP contribution in [-0.4, -0.2) is 16.2 Å². The number of phenolic OH excluding ortho intramolecular Hbond substituents is 1. The Morgan fingerprint density at radius 2 is 1.67 bits per heavy atom. The number of carbonyl (C=O) groups is 1. The van der Waals surface area contributed by atoms with E-state index in [1.54, 1.807) is 36.4 Å². The molecule has 0 spiro atoms. The van der Waals surface area contributed by atoms with E-state index in [9.17, 15) is 9.90 Å². The van der Waals surface area contributed by atoms with Crippen molar-refractivity contribution < 1.29 is 15.0 Å². The Morgan fingerprint density at radius 1 is 1.06 bits per heavy atom. The van der Waals surface area contributed by atoms with Gasteiger partial charge in [0.1, 0.15) is 5.75 Å². The normalized spacial score (nSPS) is 10.3. The van der Waals surface area contributed by atoms with E-state index in [1.165, 1.54) is 17.8 Å². The first-order chi connectivity index (χ1) is 8.56. The van der Waals surface area contributed by atoms with Crippen LogP contribution in [0.5, 0.6) is 5.75 Å². The van der Waals surface area contributed by atoms with Crippen LogP contribution in [-0.2, 0) is 0 Å². The standard InChI is InChI=1S/C13H9ClO3S/c14-11-7-10(5-6-12(11)15)18-9-3-1-8(2-4-9)13(16)17/h1-7,15H,(H,16,17). The van der Waals surface area contributed by atoms with Gasteiger partial charge in [0.2, 0.25) is 0 Å². The monoisotopic (exact) mass is 280 g/mol. The average Bonchev–Trinajstić information content (AvgIpc) is 2.34. The summed E-state index contributed by atoms with van der Waals surface area (Å²) in [5.41, 5.74) is 0.253. The largest absolute Gasteiger partial charge is 0.506 e. The molecule has 0 aliphatic heterocycles. The Labute approximate surface area is 113 Å². The maximum Gasteiger partial charge on any atom is 0.335 e. The number of rotatable bonds is 3. The van der Waals surface area contributed by atoms with Crippen LogP contribution in [0.25, 0.3) is 0 Å². The van der Waals surface area contributed by atoms with Crippen molar-refractivity contribution in [1.82, 2.24) is 0 Å². The van der Waals surface area contributed by atoms with Gasteiger partial charge in [-0.2, -0.15) is 0 Å². The van der Waals surface area contributed by atoms with Crippen molar-refractivity contribution in [3.05, 3.63) is 53.1 Å². The number of hydrogen-bond acceptors (Lipinski definition) is 3. The molecule has 0 radical (unpaired) electrons. The number of aromatic carboxylic acids is 1. The van der Waals surface area contributed by atoms with Gasteiger partial charge in [0.25, 0.3) is 0 Å². The van der Waals surface area contributed by atoms with E-state index in [-0.39, 0.29) is 11.3 Å². The van der Waals surface area contributed by atoms with Gasteiger partial charge in [-0.05, 0) is 42.5 Å². The fourth-order valence-corrected chi connectivity index (χ4v) is 2.46. The van der Waals surface area contributed by atoms with E-state index in [0.717, 1.165) is 9.79 Å². The van der Waals surface area contributed by atoms with Gasteiger partial charge >= 0.3 is 5.97 Å². The first-order valence-corrected chi connectivity index (χ1v) is 6.25. The first-order valence-electron chi connectivity index (χ1n) is 5.06. The molecule has 2 aromatic rings. The molecule has 0 saturated carbocycles. The third-order valence-electron chi connectivity index (χ3n) is 2.26. The molecular weight excluding hydrogens is 272 g/mol.